The van der Waals surface area contributed by atoms with Crippen molar-refractivity contribution in [1.29, 1.82) is 0 Å². The highest BCUT2D eigenvalue weighted by atomic mass is 16.2. The van der Waals surface area contributed by atoms with Gasteiger partial charge in [0.2, 0.25) is 5.91 Å². The SMILES string of the molecule is CC1CC2CCCC=C2N(C(C)C)C1=O. The van der Waals surface area contributed by atoms with Crippen LogP contribution in [0.2, 0.25) is 0 Å². The van der Waals surface area contributed by atoms with Crippen LogP contribution in [-0.2, 0) is 4.79 Å². The number of carbonyl (C=O) groups excluding carboxylic acids is 1. The van der Waals surface area contributed by atoms with E-state index in [0.29, 0.717) is 17.9 Å². The first kappa shape index (κ1) is 10.7. The second-order valence-corrected chi connectivity index (χ2v) is 5.20. The maximum absolute atomic E-state index is 12.1. The fourth-order valence-corrected chi connectivity index (χ4v) is 2.91. The van der Waals surface area contributed by atoms with Gasteiger partial charge in [0.05, 0.1) is 0 Å². The largest absolute Gasteiger partial charge is 0.314 e. The van der Waals surface area contributed by atoms with E-state index in [4.69, 9.17) is 0 Å². The summed E-state index contributed by atoms with van der Waals surface area (Å²) in [6.45, 7) is 6.30. The number of rotatable bonds is 1. The molecule has 0 bridgehead atoms. The number of amides is 1. The van der Waals surface area contributed by atoms with Gasteiger partial charge < -0.3 is 4.90 Å². The van der Waals surface area contributed by atoms with Gasteiger partial charge in [-0.2, -0.15) is 0 Å². The Labute approximate surface area is 92.3 Å². The molecule has 2 unspecified atom stereocenters. The molecule has 0 saturated carbocycles. The van der Waals surface area contributed by atoms with Crippen molar-refractivity contribution in [3.8, 4) is 0 Å². The first-order chi connectivity index (χ1) is 7.11. The summed E-state index contributed by atoms with van der Waals surface area (Å²) in [6.07, 6.45) is 7.07. The number of nitrogens with zero attached hydrogens (tertiary/aromatic N) is 1. The summed E-state index contributed by atoms with van der Waals surface area (Å²) in [7, 11) is 0. The Hall–Kier alpha value is -0.790. The molecule has 0 aromatic carbocycles. The molecule has 1 aliphatic carbocycles. The molecule has 1 aliphatic heterocycles. The average Bonchev–Trinajstić information content (AvgIpc) is 2.19. The topological polar surface area (TPSA) is 20.3 Å². The Kier molecular flexibility index (Phi) is 2.85. The smallest absolute Gasteiger partial charge is 0.229 e. The molecule has 84 valence electrons. The molecular weight excluding hydrogens is 186 g/mol. The highest BCUT2D eigenvalue weighted by Crippen LogP contribution is 2.38. The van der Waals surface area contributed by atoms with Crippen LogP contribution in [0.1, 0.15) is 46.5 Å². The van der Waals surface area contributed by atoms with E-state index in [2.05, 4.69) is 26.8 Å². The average molecular weight is 207 g/mol. The molecule has 0 spiro atoms. The van der Waals surface area contributed by atoms with Crippen molar-refractivity contribution in [2.75, 3.05) is 0 Å². The van der Waals surface area contributed by atoms with Crippen LogP contribution < -0.4 is 0 Å². The standard InChI is InChI=1S/C13H21NO/c1-9(2)14-12-7-5-4-6-11(12)8-10(3)13(14)15/h7,9-11H,4-6,8H2,1-3H3. The number of allylic oxidation sites excluding steroid dienone is 2. The summed E-state index contributed by atoms with van der Waals surface area (Å²) in [6, 6.07) is 0.312. The number of likely N-dealkylation sites (tertiary alicyclic amines) is 1. The van der Waals surface area contributed by atoms with Crippen molar-refractivity contribution < 1.29 is 4.79 Å². The summed E-state index contributed by atoms with van der Waals surface area (Å²) < 4.78 is 0. The molecule has 0 N–H and O–H groups in total. The number of hydrogen-bond acceptors (Lipinski definition) is 1. The van der Waals surface area contributed by atoms with Gasteiger partial charge in [-0.05, 0) is 45.4 Å². The van der Waals surface area contributed by atoms with E-state index < -0.39 is 0 Å². The van der Waals surface area contributed by atoms with E-state index in [1.165, 1.54) is 18.5 Å². The highest BCUT2D eigenvalue weighted by Gasteiger charge is 2.37. The van der Waals surface area contributed by atoms with Crippen LogP contribution in [0.4, 0.5) is 0 Å². The van der Waals surface area contributed by atoms with E-state index in [1.54, 1.807) is 0 Å². The fraction of sp³-hybridized carbons (Fsp3) is 0.769. The van der Waals surface area contributed by atoms with E-state index in [1.807, 2.05) is 4.90 Å². The van der Waals surface area contributed by atoms with Gasteiger partial charge in [0.15, 0.2) is 0 Å². The summed E-state index contributed by atoms with van der Waals surface area (Å²) in [4.78, 5) is 14.1. The van der Waals surface area contributed by atoms with Gasteiger partial charge in [-0.25, -0.2) is 0 Å². The van der Waals surface area contributed by atoms with Gasteiger partial charge in [0.25, 0.3) is 0 Å². The van der Waals surface area contributed by atoms with Gasteiger partial charge in [-0.1, -0.05) is 13.0 Å². The first-order valence-electron chi connectivity index (χ1n) is 6.14. The Morgan fingerprint density at radius 2 is 2.20 bits per heavy atom. The Bertz CT molecular complexity index is 293. The molecule has 0 radical (unpaired) electrons. The molecule has 15 heavy (non-hydrogen) atoms. The predicted octanol–water partition coefficient (Wildman–Crippen LogP) is 2.95. The normalized spacial score (nSPS) is 31.6. The maximum atomic E-state index is 12.1. The number of fused-ring (bicyclic) bond motifs is 1. The van der Waals surface area contributed by atoms with Crippen molar-refractivity contribution in [2.24, 2.45) is 11.8 Å². The predicted molar refractivity (Wildman–Crippen MR) is 61.2 cm³/mol. The molecule has 2 heteroatoms. The van der Waals surface area contributed by atoms with Gasteiger partial charge >= 0.3 is 0 Å². The Morgan fingerprint density at radius 1 is 1.47 bits per heavy atom. The zero-order valence-corrected chi connectivity index (χ0v) is 9.99. The van der Waals surface area contributed by atoms with Gasteiger partial charge in [0.1, 0.15) is 0 Å². The third-order valence-electron chi connectivity index (χ3n) is 3.62. The van der Waals surface area contributed by atoms with Crippen molar-refractivity contribution in [3.05, 3.63) is 11.8 Å². The van der Waals surface area contributed by atoms with E-state index in [-0.39, 0.29) is 5.92 Å². The molecule has 1 amide bonds. The third kappa shape index (κ3) is 1.82. The lowest BCUT2D eigenvalue weighted by Gasteiger charge is -2.42. The second-order valence-electron chi connectivity index (χ2n) is 5.20. The van der Waals surface area contributed by atoms with Crippen molar-refractivity contribution in [3.63, 3.8) is 0 Å². The Morgan fingerprint density at radius 3 is 2.87 bits per heavy atom. The molecule has 1 fully saturated rings. The number of hydrogen-bond donors (Lipinski definition) is 0. The van der Waals surface area contributed by atoms with Gasteiger partial charge in [0, 0.05) is 17.7 Å². The lowest BCUT2D eigenvalue weighted by Crippen LogP contribution is -2.46. The summed E-state index contributed by atoms with van der Waals surface area (Å²) >= 11 is 0. The van der Waals surface area contributed by atoms with Crippen LogP contribution in [0.15, 0.2) is 11.8 Å². The minimum absolute atomic E-state index is 0.215. The first-order valence-corrected chi connectivity index (χ1v) is 6.14. The van der Waals surface area contributed by atoms with Crippen molar-refractivity contribution in [1.82, 2.24) is 4.90 Å². The summed E-state index contributed by atoms with van der Waals surface area (Å²) in [5.74, 6) is 1.19. The number of carbonyl (C=O) groups is 1. The molecule has 1 heterocycles. The molecule has 2 rings (SSSR count). The van der Waals surface area contributed by atoms with Crippen LogP contribution in [0.25, 0.3) is 0 Å². The molecular formula is C13H21NO. The maximum Gasteiger partial charge on any atom is 0.229 e. The lowest BCUT2D eigenvalue weighted by molar-refractivity contribution is -0.138. The van der Waals surface area contributed by atoms with Crippen molar-refractivity contribution in [2.45, 2.75) is 52.5 Å². The highest BCUT2D eigenvalue weighted by molar-refractivity contribution is 5.82. The van der Waals surface area contributed by atoms with E-state index in [0.717, 1.165) is 12.8 Å². The van der Waals surface area contributed by atoms with E-state index >= 15 is 0 Å². The molecule has 0 aromatic heterocycles. The zero-order valence-electron chi connectivity index (χ0n) is 9.99. The van der Waals surface area contributed by atoms with Gasteiger partial charge in [-0.3, -0.25) is 4.79 Å². The minimum atomic E-state index is 0.215. The van der Waals surface area contributed by atoms with E-state index in [9.17, 15) is 4.79 Å². The third-order valence-corrected chi connectivity index (χ3v) is 3.62. The Balaban J connectivity index is 2.30. The van der Waals surface area contributed by atoms with Crippen LogP contribution in [0.5, 0.6) is 0 Å². The summed E-state index contributed by atoms with van der Waals surface area (Å²) in [5, 5.41) is 0. The lowest BCUT2D eigenvalue weighted by atomic mass is 9.80. The van der Waals surface area contributed by atoms with Crippen LogP contribution in [-0.4, -0.2) is 16.8 Å². The molecule has 2 aliphatic rings. The monoisotopic (exact) mass is 207 g/mol. The summed E-state index contributed by atoms with van der Waals surface area (Å²) in [5.41, 5.74) is 1.32. The van der Waals surface area contributed by atoms with Crippen LogP contribution >= 0.6 is 0 Å². The van der Waals surface area contributed by atoms with Crippen molar-refractivity contribution >= 4 is 5.91 Å². The second kappa shape index (κ2) is 3.99. The molecule has 0 aromatic rings. The van der Waals surface area contributed by atoms with Crippen LogP contribution in [0.3, 0.4) is 0 Å². The number of piperidine rings is 1. The molecule has 2 atom stereocenters. The zero-order chi connectivity index (χ0) is 11.0. The molecule has 2 nitrogen and oxygen atoms in total. The molecule has 1 saturated heterocycles. The van der Waals surface area contributed by atoms with Gasteiger partial charge in [-0.15, -0.1) is 0 Å². The van der Waals surface area contributed by atoms with Crippen LogP contribution in [0, 0.1) is 11.8 Å². The fourth-order valence-electron chi connectivity index (χ4n) is 2.91. The quantitative estimate of drug-likeness (QED) is 0.647. The minimum Gasteiger partial charge on any atom is -0.314 e.